The highest BCUT2D eigenvalue weighted by molar-refractivity contribution is 6.33. The number of methoxy groups -OCH3 is 1. The van der Waals surface area contributed by atoms with Gasteiger partial charge in [0.15, 0.2) is 5.78 Å². The Hall–Kier alpha value is -0.910. The topological polar surface area (TPSA) is 56.2 Å². The van der Waals surface area contributed by atoms with E-state index in [9.17, 15) is 4.79 Å². The fourth-order valence-corrected chi connectivity index (χ4v) is 1.82. The van der Waals surface area contributed by atoms with Crippen molar-refractivity contribution in [3.05, 3.63) is 16.9 Å². The average molecular weight is 260 g/mol. The van der Waals surface area contributed by atoms with E-state index in [4.69, 9.17) is 16.3 Å². The Labute approximate surface area is 106 Å². The first-order valence-electron chi connectivity index (χ1n) is 5.50. The molecule has 0 aliphatic carbocycles. The van der Waals surface area contributed by atoms with Gasteiger partial charge in [0.25, 0.3) is 0 Å². The van der Waals surface area contributed by atoms with E-state index >= 15 is 0 Å². The lowest BCUT2D eigenvalue weighted by atomic mass is 10.0. The van der Waals surface area contributed by atoms with Crippen molar-refractivity contribution >= 4 is 17.4 Å². The largest absolute Gasteiger partial charge is 0.383 e. The summed E-state index contributed by atoms with van der Waals surface area (Å²) in [4.78, 5) is 12.2. The van der Waals surface area contributed by atoms with Gasteiger partial charge in [-0.3, -0.25) is 9.48 Å². The lowest BCUT2D eigenvalue weighted by Gasteiger charge is -2.12. The maximum Gasteiger partial charge on any atom is 0.186 e. The zero-order chi connectivity index (χ0) is 12.8. The second-order valence-electron chi connectivity index (χ2n) is 3.88. The van der Waals surface area contributed by atoms with Gasteiger partial charge in [-0.05, 0) is 7.05 Å². The SMILES string of the molecule is CNCC(C)C(=O)c1c(Cl)cnn1CCOC. The summed E-state index contributed by atoms with van der Waals surface area (Å²) in [6.07, 6.45) is 1.50. The fourth-order valence-electron chi connectivity index (χ4n) is 1.59. The number of hydrogen-bond donors (Lipinski definition) is 1. The molecule has 1 unspecified atom stereocenters. The van der Waals surface area contributed by atoms with E-state index < -0.39 is 0 Å². The molecule has 17 heavy (non-hydrogen) atoms. The van der Waals surface area contributed by atoms with Gasteiger partial charge in [0, 0.05) is 19.6 Å². The molecule has 96 valence electrons. The van der Waals surface area contributed by atoms with Crippen molar-refractivity contribution < 1.29 is 9.53 Å². The van der Waals surface area contributed by atoms with Crippen LogP contribution in [0.2, 0.25) is 5.02 Å². The highest BCUT2D eigenvalue weighted by atomic mass is 35.5. The van der Waals surface area contributed by atoms with Crippen LogP contribution in [-0.4, -0.2) is 42.9 Å². The van der Waals surface area contributed by atoms with Crippen LogP contribution in [0.5, 0.6) is 0 Å². The minimum atomic E-state index is -0.129. The van der Waals surface area contributed by atoms with Crippen LogP contribution in [0.4, 0.5) is 0 Å². The fraction of sp³-hybridized carbons (Fsp3) is 0.636. The van der Waals surface area contributed by atoms with E-state index in [1.807, 2.05) is 14.0 Å². The van der Waals surface area contributed by atoms with Crippen LogP contribution < -0.4 is 5.32 Å². The minimum absolute atomic E-state index is 0.00190. The molecule has 5 nitrogen and oxygen atoms in total. The van der Waals surface area contributed by atoms with Crippen LogP contribution >= 0.6 is 11.6 Å². The smallest absolute Gasteiger partial charge is 0.186 e. The normalized spacial score (nSPS) is 12.7. The van der Waals surface area contributed by atoms with E-state index in [0.29, 0.717) is 30.4 Å². The molecule has 1 rings (SSSR count). The number of aromatic nitrogens is 2. The minimum Gasteiger partial charge on any atom is -0.383 e. The number of nitrogens with zero attached hydrogens (tertiary/aromatic N) is 2. The van der Waals surface area contributed by atoms with Gasteiger partial charge in [-0.1, -0.05) is 18.5 Å². The number of carbonyl (C=O) groups excluding carboxylic acids is 1. The van der Waals surface area contributed by atoms with Crippen molar-refractivity contribution in [2.45, 2.75) is 13.5 Å². The third-order valence-corrected chi connectivity index (χ3v) is 2.77. The Morgan fingerprint density at radius 1 is 1.71 bits per heavy atom. The van der Waals surface area contributed by atoms with Crippen LogP contribution in [0.3, 0.4) is 0 Å². The van der Waals surface area contributed by atoms with Crippen molar-refractivity contribution in [1.82, 2.24) is 15.1 Å². The molecule has 1 N–H and O–H groups in total. The maximum absolute atomic E-state index is 12.2. The molecule has 0 spiro atoms. The summed E-state index contributed by atoms with van der Waals surface area (Å²) < 4.78 is 6.57. The molecular formula is C11H18ClN3O2. The summed E-state index contributed by atoms with van der Waals surface area (Å²) in [5.41, 5.74) is 0.464. The van der Waals surface area contributed by atoms with Gasteiger partial charge in [0.1, 0.15) is 5.69 Å². The van der Waals surface area contributed by atoms with Gasteiger partial charge in [0.05, 0.1) is 24.4 Å². The molecule has 0 aromatic carbocycles. The summed E-state index contributed by atoms with van der Waals surface area (Å²) in [6, 6.07) is 0. The summed E-state index contributed by atoms with van der Waals surface area (Å²) in [6.45, 7) is 3.50. The van der Waals surface area contributed by atoms with E-state index in [1.165, 1.54) is 6.20 Å². The zero-order valence-electron chi connectivity index (χ0n) is 10.4. The molecule has 0 aliphatic rings. The zero-order valence-corrected chi connectivity index (χ0v) is 11.1. The molecule has 0 aliphatic heterocycles. The van der Waals surface area contributed by atoms with E-state index in [1.54, 1.807) is 11.8 Å². The first kappa shape index (κ1) is 14.2. The van der Waals surface area contributed by atoms with Gasteiger partial charge >= 0.3 is 0 Å². The number of nitrogens with one attached hydrogen (secondary N) is 1. The Morgan fingerprint density at radius 3 is 3.00 bits per heavy atom. The van der Waals surface area contributed by atoms with Crippen molar-refractivity contribution in [3.8, 4) is 0 Å². The van der Waals surface area contributed by atoms with Gasteiger partial charge < -0.3 is 10.1 Å². The second-order valence-corrected chi connectivity index (χ2v) is 4.29. The molecule has 0 fully saturated rings. The van der Waals surface area contributed by atoms with Crippen LogP contribution in [0.15, 0.2) is 6.20 Å². The Balaban J connectivity index is 2.87. The molecule has 0 radical (unpaired) electrons. The summed E-state index contributed by atoms with van der Waals surface area (Å²) in [5, 5.41) is 7.45. The predicted molar refractivity (Wildman–Crippen MR) is 66.5 cm³/mol. The molecule has 1 aromatic heterocycles. The highest BCUT2D eigenvalue weighted by Crippen LogP contribution is 2.18. The van der Waals surface area contributed by atoms with E-state index in [0.717, 1.165) is 0 Å². The third-order valence-electron chi connectivity index (χ3n) is 2.49. The van der Waals surface area contributed by atoms with Crippen molar-refractivity contribution in [2.75, 3.05) is 27.3 Å². The Morgan fingerprint density at radius 2 is 2.41 bits per heavy atom. The molecule has 1 atom stereocenters. The molecule has 0 saturated heterocycles. The van der Waals surface area contributed by atoms with E-state index in [-0.39, 0.29) is 11.7 Å². The highest BCUT2D eigenvalue weighted by Gasteiger charge is 2.22. The van der Waals surface area contributed by atoms with Gasteiger partial charge in [-0.15, -0.1) is 0 Å². The number of carbonyl (C=O) groups is 1. The molecular weight excluding hydrogens is 242 g/mol. The van der Waals surface area contributed by atoms with Crippen LogP contribution in [0, 0.1) is 5.92 Å². The first-order valence-corrected chi connectivity index (χ1v) is 5.88. The number of halogens is 1. The number of rotatable bonds is 7. The average Bonchev–Trinajstić information content (AvgIpc) is 2.67. The monoisotopic (exact) mass is 259 g/mol. The lowest BCUT2D eigenvalue weighted by Crippen LogP contribution is -2.26. The lowest BCUT2D eigenvalue weighted by molar-refractivity contribution is 0.0915. The van der Waals surface area contributed by atoms with Crippen LogP contribution in [0.1, 0.15) is 17.4 Å². The Kier molecular flexibility index (Phi) is 5.61. The molecule has 0 saturated carbocycles. The quantitative estimate of drug-likeness (QED) is 0.748. The van der Waals surface area contributed by atoms with E-state index in [2.05, 4.69) is 10.4 Å². The molecule has 6 heteroatoms. The summed E-state index contributed by atoms with van der Waals surface area (Å²) in [7, 11) is 3.42. The maximum atomic E-state index is 12.2. The van der Waals surface area contributed by atoms with Gasteiger partial charge in [-0.25, -0.2) is 0 Å². The Bertz CT molecular complexity index is 379. The standard InChI is InChI=1S/C11H18ClN3O2/c1-8(6-13-2)11(16)10-9(12)7-14-15(10)4-5-17-3/h7-8,13H,4-6H2,1-3H3. The summed E-state index contributed by atoms with van der Waals surface area (Å²) in [5.74, 6) is -0.131. The summed E-state index contributed by atoms with van der Waals surface area (Å²) >= 11 is 6.00. The molecule has 0 amide bonds. The number of ether oxygens (including phenoxy) is 1. The first-order chi connectivity index (χ1) is 8.11. The number of hydrogen-bond acceptors (Lipinski definition) is 4. The van der Waals surface area contributed by atoms with Crippen molar-refractivity contribution in [2.24, 2.45) is 5.92 Å². The third kappa shape index (κ3) is 3.52. The molecule has 0 bridgehead atoms. The molecule has 1 aromatic rings. The second kappa shape index (κ2) is 6.74. The molecule has 1 heterocycles. The van der Waals surface area contributed by atoms with Crippen LogP contribution in [0.25, 0.3) is 0 Å². The number of Topliss-reactive ketones (excluding diaryl/α,β-unsaturated/α-hetero) is 1. The van der Waals surface area contributed by atoms with Gasteiger partial charge in [-0.2, -0.15) is 5.10 Å². The van der Waals surface area contributed by atoms with Crippen LogP contribution in [-0.2, 0) is 11.3 Å². The predicted octanol–water partition coefficient (Wildman–Crippen LogP) is 1.22. The van der Waals surface area contributed by atoms with Crippen molar-refractivity contribution in [1.29, 1.82) is 0 Å². The van der Waals surface area contributed by atoms with Gasteiger partial charge in [0.2, 0.25) is 0 Å². The number of ketones is 1. The van der Waals surface area contributed by atoms with Crippen molar-refractivity contribution in [3.63, 3.8) is 0 Å².